The fraction of sp³-hybridized carbons (Fsp3) is 0.667. The third kappa shape index (κ3) is 5.09. The van der Waals surface area contributed by atoms with E-state index in [-0.39, 0.29) is 11.9 Å². The number of rotatable bonds is 5. The number of nitrogens with one attached hydrogen (secondary N) is 1. The summed E-state index contributed by atoms with van der Waals surface area (Å²) >= 11 is 0. The average molecular weight is 383 g/mol. The van der Waals surface area contributed by atoms with Crippen molar-refractivity contribution in [3.8, 4) is 5.88 Å². The number of nitrogens with zero attached hydrogens (tertiary/aromatic N) is 3. The van der Waals surface area contributed by atoms with Crippen LogP contribution in [0, 0.1) is 0 Å². The minimum atomic E-state index is -3.07. The third-order valence-corrected chi connectivity index (χ3v) is 6.78. The summed E-state index contributed by atoms with van der Waals surface area (Å²) < 4.78 is 29.2. The zero-order valence-corrected chi connectivity index (χ0v) is 17.1. The molecule has 0 amide bonds. The van der Waals surface area contributed by atoms with E-state index in [0.717, 1.165) is 18.1 Å². The van der Waals surface area contributed by atoms with Gasteiger partial charge in [-0.25, -0.2) is 18.4 Å². The quantitative estimate of drug-likeness (QED) is 0.618. The smallest absolute Gasteiger partial charge is 0.213 e. The van der Waals surface area contributed by atoms with Crippen molar-refractivity contribution in [2.45, 2.75) is 52.0 Å². The molecule has 1 aromatic rings. The van der Waals surface area contributed by atoms with Crippen molar-refractivity contribution in [3.05, 3.63) is 23.9 Å². The van der Waals surface area contributed by atoms with E-state index in [1.807, 2.05) is 37.8 Å². The molecule has 8 heteroatoms. The van der Waals surface area contributed by atoms with Gasteiger partial charge in [0.25, 0.3) is 0 Å². The van der Waals surface area contributed by atoms with Crippen molar-refractivity contribution < 1.29 is 13.2 Å². The van der Waals surface area contributed by atoms with Gasteiger partial charge in [0, 0.05) is 31.9 Å². The van der Waals surface area contributed by atoms with E-state index < -0.39 is 14.6 Å². The predicted molar refractivity (Wildman–Crippen MR) is 104 cm³/mol. The molecule has 0 atom stereocenters. The number of pyridine rings is 1. The molecule has 1 aliphatic heterocycles. The Labute approximate surface area is 156 Å². The summed E-state index contributed by atoms with van der Waals surface area (Å²) in [7, 11) is -3.07. The van der Waals surface area contributed by atoms with Crippen LogP contribution in [0.25, 0.3) is 0 Å². The van der Waals surface area contributed by atoms with Crippen molar-refractivity contribution in [2.75, 3.05) is 25.4 Å². The van der Waals surface area contributed by atoms with E-state index in [2.05, 4.69) is 15.3 Å². The molecule has 0 aliphatic carbocycles. The van der Waals surface area contributed by atoms with Gasteiger partial charge in [-0.15, -0.1) is 0 Å². The fourth-order valence-corrected chi connectivity index (χ4v) is 4.10. The second-order valence-electron chi connectivity index (χ2n) is 7.34. The van der Waals surface area contributed by atoms with E-state index in [1.165, 1.54) is 0 Å². The van der Waals surface area contributed by atoms with Crippen LogP contribution in [-0.2, 0) is 16.4 Å². The van der Waals surface area contributed by atoms with E-state index in [0.29, 0.717) is 25.5 Å². The van der Waals surface area contributed by atoms with Crippen LogP contribution in [0.3, 0.4) is 0 Å². The summed E-state index contributed by atoms with van der Waals surface area (Å²) in [6.45, 7) is 11.6. The molecular weight excluding hydrogens is 352 g/mol. The van der Waals surface area contributed by atoms with Crippen molar-refractivity contribution in [1.82, 2.24) is 15.2 Å². The molecular formula is C18H30N4O3S. The molecule has 0 bridgehead atoms. The van der Waals surface area contributed by atoms with Gasteiger partial charge in [0.05, 0.1) is 23.1 Å². The number of hydrogen-bond donors (Lipinski definition) is 1. The third-order valence-electron chi connectivity index (χ3n) is 4.24. The molecule has 1 aliphatic rings. The molecule has 1 N–H and O–H groups in total. The van der Waals surface area contributed by atoms with Crippen molar-refractivity contribution >= 4 is 15.8 Å². The minimum absolute atomic E-state index is 0.0884. The predicted octanol–water partition coefficient (Wildman–Crippen LogP) is 1.84. The number of hydrogen-bond acceptors (Lipinski definition) is 5. The lowest BCUT2D eigenvalue weighted by molar-refractivity contribution is 0.232. The van der Waals surface area contributed by atoms with Crippen molar-refractivity contribution in [3.63, 3.8) is 0 Å². The highest BCUT2D eigenvalue weighted by Gasteiger charge is 2.40. The highest BCUT2D eigenvalue weighted by molar-refractivity contribution is 7.92. The summed E-state index contributed by atoms with van der Waals surface area (Å²) in [6.07, 6.45) is 1.85. The van der Waals surface area contributed by atoms with Gasteiger partial charge in [-0.1, -0.05) is 6.07 Å². The molecule has 26 heavy (non-hydrogen) atoms. The first-order chi connectivity index (χ1) is 12.1. The van der Waals surface area contributed by atoms with Crippen LogP contribution in [0.1, 0.15) is 40.2 Å². The van der Waals surface area contributed by atoms with Crippen LogP contribution in [0.4, 0.5) is 0 Å². The number of sulfone groups is 1. The van der Waals surface area contributed by atoms with Crippen LogP contribution in [-0.4, -0.2) is 60.5 Å². The Morgan fingerprint density at radius 3 is 2.69 bits per heavy atom. The maximum Gasteiger partial charge on any atom is 0.213 e. The summed E-state index contributed by atoms with van der Waals surface area (Å²) in [5, 5.41) is 3.26. The van der Waals surface area contributed by atoms with Gasteiger partial charge in [-0.2, -0.15) is 0 Å². The zero-order valence-electron chi connectivity index (χ0n) is 16.3. The Morgan fingerprint density at radius 2 is 2.15 bits per heavy atom. The molecule has 1 aromatic heterocycles. The lowest BCUT2D eigenvalue weighted by atomic mass is 10.2. The van der Waals surface area contributed by atoms with Crippen LogP contribution in [0.2, 0.25) is 0 Å². The molecule has 2 rings (SSSR count). The van der Waals surface area contributed by atoms with Gasteiger partial charge in [0.1, 0.15) is 0 Å². The van der Waals surface area contributed by atoms with Gasteiger partial charge < -0.3 is 15.0 Å². The van der Waals surface area contributed by atoms with E-state index in [1.54, 1.807) is 20.0 Å². The van der Waals surface area contributed by atoms with Gasteiger partial charge in [0.15, 0.2) is 15.8 Å². The number of guanidine groups is 1. The first kappa shape index (κ1) is 20.5. The van der Waals surface area contributed by atoms with Gasteiger partial charge in [0.2, 0.25) is 5.88 Å². The molecule has 146 valence electrons. The zero-order chi connectivity index (χ0) is 19.4. The molecule has 0 saturated carbocycles. The second kappa shape index (κ2) is 8.24. The Morgan fingerprint density at radius 1 is 1.42 bits per heavy atom. The number of aromatic nitrogens is 1. The van der Waals surface area contributed by atoms with Crippen molar-refractivity contribution in [2.24, 2.45) is 4.99 Å². The Kier molecular flexibility index (Phi) is 6.49. The molecule has 1 saturated heterocycles. The lowest BCUT2D eigenvalue weighted by Gasteiger charge is -2.39. The van der Waals surface area contributed by atoms with Crippen LogP contribution >= 0.6 is 0 Å². The minimum Gasteiger partial charge on any atom is -0.475 e. The molecule has 7 nitrogen and oxygen atoms in total. The van der Waals surface area contributed by atoms with Gasteiger partial charge in [-0.3, -0.25) is 0 Å². The van der Waals surface area contributed by atoms with Gasteiger partial charge in [-0.05, 0) is 40.2 Å². The summed E-state index contributed by atoms with van der Waals surface area (Å²) in [4.78, 5) is 11.0. The number of aliphatic imine (C=N–C) groups is 1. The first-order valence-corrected chi connectivity index (χ1v) is 10.7. The average Bonchev–Trinajstić information content (AvgIpc) is 2.55. The first-order valence-electron chi connectivity index (χ1n) is 9.02. The normalized spacial score (nSPS) is 19.5. The van der Waals surface area contributed by atoms with Crippen LogP contribution in [0.15, 0.2) is 23.3 Å². The SMILES string of the molecule is CCNC(=NCc1ccc(OC(C)C)nc1)N1CCS(=O)(=O)C(C)(C)C1. The molecule has 0 unspecified atom stereocenters. The maximum absolute atomic E-state index is 12.2. The maximum atomic E-state index is 12.2. The summed E-state index contributed by atoms with van der Waals surface area (Å²) in [5.74, 6) is 1.48. The Hall–Kier alpha value is -1.83. The monoisotopic (exact) mass is 382 g/mol. The van der Waals surface area contributed by atoms with E-state index >= 15 is 0 Å². The van der Waals surface area contributed by atoms with Crippen LogP contribution < -0.4 is 10.1 Å². The van der Waals surface area contributed by atoms with Crippen molar-refractivity contribution in [1.29, 1.82) is 0 Å². The summed E-state index contributed by atoms with van der Waals surface area (Å²) in [6, 6.07) is 3.79. The highest BCUT2D eigenvalue weighted by atomic mass is 32.2. The highest BCUT2D eigenvalue weighted by Crippen LogP contribution is 2.23. The lowest BCUT2D eigenvalue weighted by Crippen LogP contribution is -2.57. The molecule has 0 radical (unpaired) electrons. The summed E-state index contributed by atoms with van der Waals surface area (Å²) in [5.41, 5.74) is 0.973. The molecule has 1 fully saturated rings. The Balaban J connectivity index is 2.09. The molecule has 2 heterocycles. The Bertz CT molecular complexity index is 727. The fourth-order valence-electron chi connectivity index (χ4n) is 2.73. The van der Waals surface area contributed by atoms with E-state index in [4.69, 9.17) is 4.74 Å². The molecule has 0 spiro atoms. The topological polar surface area (TPSA) is 83.9 Å². The van der Waals surface area contributed by atoms with E-state index in [9.17, 15) is 8.42 Å². The largest absolute Gasteiger partial charge is 0.475 e. The second-order valence-corrected chi connectivity index (χ2v) is 10.1. The molecule has 0 aromatic carbocycles. The van der Waals surface area contributed by atoms with Gasteiger partial charge >= 0.3 is 0 Å². The standard InChI is InChI=1S/C18H30N4O3S/c1-6-19-17(22-9-10-26(23,24)18(4,5)13-22)21-12-15-7-8-16(20-11-15)25-14(2)3/h7-8,11,14H,6,9-10,12-13H2,1-5H3,(H,19,21). The van der Waals surface area contributed by atoms with Crippen LogP contribution in [0.5, 0.6) is 5.88 Å². The number of ether oxygens (including phenoxy) is 1.